The van der Waals surface area contributed by atoms with Gasteiger partial charge in [0.1, 0.15) is 0 Å². The fourth-order valence-corrected chi connectivity index (χ4v) is 3.27. The van der Waals surface area contributed by atoms with Gasteiger partial charge >= 0.3 is 5.97 Å². The van der Waals surface area contributed by atoms with Crippen LogP contribution >= 0.6 is 11.3 Å². The van der Waals surface area contributed by atoms with E-state index in [0.717, 1.165) is 16.8 Å². The van der Waals surface area contributed by atoms with Crippen molar-refractivity contribution in [2.24, 2.45) is 5.10 Å². The zero-order chi connectivity index (χ0) is 17.6. The molecule has 6 heteroatoms. The number of anilines is 1. The number of aliphatic carboxylic acids is 1. The minimum Gasteiger partial charge on any atom is -0.481 e. The number of hydrogen-bond donors (Lipinski definition) is 2. The lowest BCUT2D eigenvalue weighted by atomic mass is 10.1. The molecule has 0 saturated heterocycles. The molecule has 3 aromatic rings. The molecule has 3 rings (SSSR count). The first-order chi connectivity index (χ1) is 12.1. The lowest BCUT2D eigenvalue weighted by Gasteiger charge is -2.00. The van der Waals surface area contributed by atoms with Crippen molar-refractivity contribution in [3.63, 3.8) is 0 Å². The maximum absolute atomic E-state index is 11.1. The van der Waals surface area contributed by atoms with E-state index in [9.17, 15) is 4.79 Å². The third-order valence-electron chi connectivity index (χ3n) is 3.57. The number of thiazole rings is 1. The largest absolute Gasteiger partial charge is 0.481 e. The molecule has 0 aliphatic rings. The highest BCUT2D eigenvalue weighted by Crippen LogP contribution is 2.31. The van der Waals surface area contributed by atoms with Crippen LogP contribution in [0.4, 0.5) is 5.13 Å². The second kappa shape index (κ2) is 7.72. The van der Waals surface area contributed by atoms with Crippen LogP contribution in [0, 0.1) is 0 Å². The fourth-order valence-electron chi connectivity index (χ4n) is 2.35. The number of carboxylic acid groups (broad SMARTS) is 1. The van der Waals surface area contributed by atoms with Crippen molar-refractivity contribution in [2.75, 3.05) is 5.43 Å². The summed E-state index contributed by atoms with van der Waals surface area (Å²) in [6, 6.07) is 19.4. The quantitative estimate of drug-likeness (QED) is 0.514. The first-order valence-electron chi connectivity index (χ1n) is 7.76. The number of nitrogens with one attached hydrogen (secondary N) is 1. The van der Waals surface area contributed by atoms with Crippen molar-refractivity contribution in [3.8, 4) is 11.3 Å². The van der Waals surface area contributed by atoms with Crippen LogP contribution in [-0.2, 0) is 11.2 Å². The highest BCUT2D eigenvalue weighted by Gasteiger charge is 2.15. The molecule has 126 valence electrons. The number of aromatic nitrogens is 1. The molecule has 0 aliphatic heterocycles. The predicted molar refractivity (Wildman–Crippen MR) is 101 cm³/mol. The van der Waals surface area contributed by atoms with Gasteiger partial charge in [-0.3, -0.25) is 10.2 Å². The van der Waals surface area contributed by atoms with E-state index in [0.29, 0.717) is 15.7 Å². The second-order valence-electron chi connectivity index (χ2n) is 5.40. The molecule has 2 N–H and O–H groups in total. The molecule has 0 amide bonds. The van der Waals surface area contributed by atoms with Gasteiger partial charge in [0, 0.05) is 10.4 Å². The monoisotopic (exact) mass is 351 g/mol. The normalized spacial score (nSPS) is 11.3. The van der Waals surface area contributed by atoms with Crippen LogP contribution in [0.15, 0.2) is 65.8 Å². The van der Waals surface area contributed by atoms with Crippen molar-refractivity contribution >= 4 is 28.1 Å². The lowest BCUT2D eigenvalue weighted by molar-refractivity contribution is -0.136. The number of nitrogens with zero attached hydrogens (tertiary/aromatic N) is 2. The van der Waals surface area contributed by atoms with Crippen LogP contribution in [0.1, 0.15) is 17.4 Å². The summed E-state index contributed by atoms with van der Waals surface area (Å²) in [6.07, 6.45) is -0.0645. The number of hydrogen-bond acceptors (Lipinski definition) is 5. The van der Waals surface area contributed by atoms with E-state index in [-0.39, 0.29) is 6.42 Å². The van der Waals surface area contributed by atoms with E-state index in [1.54, 1.807) is 0 Å². The summed E-state index contributed by atoms with van der Waals surface area (Å²) in [5.74, 6) is -0.878. The zero-order valence-electron chi connectivity index (χ0n) is 13.6. The summed E-state index contributed by atoms with van der Waals surface area (Å²) >= 11 is 1.31. The molecule has 0 saturated carbocycles. The van der Waals surface area contributed by atoms with Crippen LogP contribution in [0.2, 0.25) is 0 Å². The molecule has 0 fully saturated rings. The van der Waals surface area contributed by atoms with E-state index in [1.807, 2.05) is 67.6 Å². The Bertz CT molecular complexity index is 890. The highest BCUT2D eigenvalue weighted by molar-refractivity contribution is 7.16. The number of carboxylic acids is 1. The Kier molecular flexibility index (Phi) is 5.20. The van der Waals surface area contributed by atoms with Gasteiger partial charge in [0.05, 0.1) is 17.8 Å². The maximum atomic E-state index is 11.1. The van der Waals surface area contributed by atoms with E-state index >= 15 is 0 Å². The van der Waals surface area contributed by atoms with Crippen LogP contribution in [-0.4, -0.2) is 21.8 Å². The minimum atomic E-state index is -0.878. The molecule has 2 aromatic carbocycles. The number of rotatable bonds is 6. The van der Waals surface area contributed by atoms with Crippen LogP contribution in [0.3, 0.4) is 0 Å². The first kappa shape index (κ1) is 16.9. The number of carbonyl (C=O) groups is 1. The number of hydrazone groups is 1. The second-order valence-corrected chi connectivity index (χ2v) is 6.49. The Labute approximate surface area is 149 Å². The Morgan fingerprint density at radius 1 is 1.12 bits per heavy atom. The summed E-state index contributed by atoms with van der Waals surface area (Å²) in [4.78, 5) is 16.4. The molecule has 0 bridgehead atoms. The summed E-state index contributed by atoms with van der Waals surface area (Å²) in [7, 11) is 0. The lowest BCUT2D eigenvalue weighted by Crippen LogP contribution is -1.99. The van der Waals surface area contributed by atoms with E-state index < -0.39 is 5.97 Å². The SMILES string of the molecule is C/C(=N/Nc1nc(-c2ccccc2)c(CC(=O)O)s1)c1ccccc1. The highest BCUT2D eigenvalue weighted by atomic mass is 32.1. The van der Waals surface area contributed by atoms with Gasteiger partial charge in [-0.15, -0.1) is 0 Å². The fraction of sp³-hybridized carbons (Fsp3) is 0.105. The van der Waals surface area contributed by atoms with Gasteiger partial charge in [0.15, 0.2) is 0 Å². The molecular formula is C19H17N3O2S. The molecular weight excluding hydrogens is 334 g/mol. The van der Waals surface area contributed by atoms with Gasteiger partial charge < -0.3 is 5.11 Å². The van der Waals surface area contributed by atoms with Gasteiger partial charge in [-0.25, -0.2) is 4.98 Å². The van der Waals surface area contributed by atoms with E-state index in [4.69, 9.17) is 5.11 Å². The van der Waals surface area contributed by atoms with E-state index in [1.165, 1.54) is 11.3 Å². The van der Waals surface area contributed by atoms with Gasteiger partial charge in [-0.2, -0.15) is 5.10 Å². The summed E-state index contributed by atoms with van der Waals surface area (Å²) in [5, 5.41) is 14.1. The average Bonchev–Trinajstić information content (AvgIpc) is 3.03. The zero-order valence-corrected chi connectivity index (χ0v) is 14.5. The maximum Gasteiger partial charge on any atom is 0.308 e. The Balaban J connectivity index is 1.87. The summed E-state index contributed by atoms with van der Waals surface area (Å²) < 4.78 is 0. The van der Waals surface area contributed by atoms with Crippen LogP contribution in [0.5, 0.6) is 0 Å². The van der Waals surface area contributed by atoms with Crippen molar-refractivity contribution in [1.82, 2.24) is 4.98 Å². The van der Waals surface area contributed by atoms with Gasteiger partial charge in [-0.05, 0) is 12.5 Å². The third-order valence-corrected chi connectivity index (χ3v) is 4.53. The van der Waals surface area contributed by atoms with Crippen molar-refractivity contribution in [3.05, 3.63) is 71.1 Å². The van der Waals surface area contributed by atoms with Crippen molar-refractivity contribution in [2.45, 2.75) is 13.3 Å². The minimum absolute atomic E-state index is 0.0645. The number of benzene rings is 2. The third kappa shape index (κ3) is 4.30. The summed E-state index contributed by atoms with van der Waals surface area (Å²) in [5.41, 5.74) is 6.37. The van der Waals surface area contributed by atoms with Gasteiger partial charge in [0.25, 0.3) is 0 Å². The molecule has 1 aromatic heterocycles. The molecule has 5 nitrogen and oxygen atoms in total. The topological polar surface area (TPSA) is 74.6 Å². The van der Waals surface area contributed by atoms with Crippen LogP contribution < -0.4 is 5.43 Å². The molecule has 25 heavy (non-hydrogen) atoms. The molecule has 0 radical (unpaired) electrons. The Hall–Kier alpha value is -2.99. The van der Waals surface area contributed by atoms with Gasteiger partial charge in [0.2, 0.25) is 5.13 Å². The van der Waals surface area contributed by atoms with Crippen LogP contribution in [0.25, 0.3) is 11.3 Å². The van der Waals surface area contributed by atoms with E-state index in [2.05, 4.69) is 15.5 Å². The Morgan fingerprint density at radius 3 is 2.40 bits per heavy atom. The van der Waals surface area contributed by atoms with Crippen molar-refractivity contribution < 1.29 is 9.90 Å². The molecule has 0 spiro atoms. The van der Waals surface area contributed by atoms with Gasteiger partial charge in [-0.1, -0.05) is 72.0 Å². The average molecular weight is 351 g/mol. The Morgan fingerprint density at radius 2 is 1.76 bits per heavy atom. The van der Waals surface area contributed by atoms with Crippen molar-refractivity contribution in [1.29, 1.82) is 0 Å². The molecule has 1 heterocycles. The molecule has 0 aliphatic carbocycles. The first-order valence-corrected chi connectivity index (χ1v) is 8.58. The predicted octanol–water partition coefficient (Wildman–Crippen LogP) is 4.27. The summed E-state index contributed by atoms with van der Waals surface area (Å²) in [6.45, 7) is 1.91. The molecule has 0 atom stereocenters. The molecule has 0 unspecified atom stereocenters. The smallest absolute Gasteiger partial charge is 0.308 e. The standard InChI is InChI=1S/C19H17N3O2S/c1-13(14-8-4-2-5-9-14)21-22-19-20-18(15-10-6-3-7-11-15)16(25-19)12-17(23)24/h2-11H,12H2,1H3,(H,20,22)(H,23,24)/b21-13-.